The van der Waals surface area contributed by atoms with Crippen LogP contribution in [0.4, 0.5) is 0 Å². The fourth-order valence-corrected chi connectivity index (χ4v) is 4.17. The Morgan fingerprint density at radius 3 is 2.70 bits per heavy atom. The van der Waals surface area contributed by atoms with Gasteiger partial charge in [-0.05, 0) is 43.0 Å². The number of nitrogens with zero attached hydrogens (tertiary/aromatic N) is 3. The molecule has 0 radical (unpaired) electrons. The number of amides is 2. The molecule has 30 heavy (non-hydrogen) atoms. The van der Waals surface area contributed by atoms with E-state index in [9.17, 15) is 14.4 Å². The van der Waals surface area contributed by atoms with E-state index in [1.54, 1.807) is 29.6 Å². The number of ether oxygens (including phenoxy) is 1. The Bertz CT molecular complexity index is 923. The van der Waals surface area contributed by atoms with Gasteiger partial charge in [-0.3, -0.25) is 14.4 Å². The van der Waals surface area contributed by atoms with Crippen molar-refractivity contribution in [1.82, 2.24) is 19.8 Å². The number of carbonyl (C=O) groups is 3. The SMILES string of the molecule is CC(C)C[C@H](NC(=O)c1ccc(-n2ccnc2)cc1)C(=O)N1CCC2OCC(=O)C21. The molecule has 8 nitrogen and oxygen atoms in total. The van der Waals surface area contributed by atoms with Gasteiger partial charge in [0.1, 0.15) is 18.7 Å². The smallest absolute Gasteiger partial charge is 0.251 e. The maximum Gasteiger partial charge on any atom is 0.251 e. The van der Waals surface area contributed by atoms with Crippen molar-refractivity contribution >= 4 is 17.6 Å². The fourth-order valence-electron chi connectivity index (χ4n) is 4.17. The van der Waals surface area contributed by atoms with Crippen LogP contribution < -0.4 is 5.32 Å². The number of hydrogen-bond acceptors (Lipinski definition) is 5. The van der Waals surface area contributed by atoms with E-state index in [1.165, 1.54) is 0 Å². The summed E-state index contributed by atoms with van der Waals surface area (Å²) in [4.78, 5) is 43.9. The first-order valence-electron chi connectivity index (χ1n) is 10.3. The lowest BCUT2D eigenvalue weighted by Crippen LogP contribution is -2.52. The van der Waals surface area contributed by atoms with Crippen LogP contribution in [0.5, 0.6) is 0 Å². The van der Waals surface area contributed by atoms with Gasteiger partial charge in [0, 0.05) is 30.2 Å². The number of hydrogen-bond donors (Lipinski definition) is 1. The van der Waals surface area contributed by atoms with Crippen molar-refractivity contribution in [2.24, 2.45) is 5.92 Å². The first-order chi connectivity index (χ1) is 14.4. The minimum atomic E-state index is -0.682. The zero-order valence-electron chi connectivity index (χ0n) is 17.2. The molecule has 1 aromatic carbocycles. The fraction of sp³-hybridized carbons (Fsp3) is 0.455. The summed E-state index contributed by atoms with van der Waals surface area (Å²) < 4.78 is 7.33. The van der Waals surface area contributed by atoms with E-state index in [1.807, 2.05) is 36.7 Å². The summed E-state index contributed by atoms with van der Waals surface area (Å²) in [6, 6.07) is 5.91. The molecule has 2 unspecified atom stereocenters. The van der Waals surface area contributed by atoms with Gasteiger partial charge in [-0.2, -0.15) is 0 Å². The molecule has 1 aromatic heterocycles. The molecule has 2 saturated heterocycles. The monoisotopic (exact) mass is 410 g/mol. The van der Waals surface area contributed by atoms with Gasteiger partial charge in [-0.15, -0.1) is 0 Å². The number of Topliss-reactive ketones (excluding diaryl/α,β-unsaturated/α-hetero) is 1. The van der Waals surface area contributed by atoms with Crippen LogP contribution in [0.1, 0.15) is 37.0 Å². The molecular weight excluding hydrogens is 384 g/mol. The number of benzene rings is 1. The number of carbonyl (C=O) groups excluding carboxylic acids is 3. The van der Waals surface area contributed by atoms with Crippen LogP contribution in [0.3, 0.4) is 0 Å². The van der Waals surface area contributed by atoms with E-state index < -0.39 is 12.1 Å². The molecule has 2 aliphatic rings. The van der Waals surface area contributed by atoms with Gasteiger partial charge in [0.2, 0.25) is 5.91 Å². The molecule has 4 rings (SSSR count). The third kappa shape index (κ3) is 4.00. The van der Waals surface area contributed by atoms with E-state index in [4.69, 9.17) is 4.74 Å². The van der Waals surface area contributed by atoms with Crippen molar-refractivity contribution in [3.63, 3.8) is 0 Å². The first kappa shape index (κ1) is 20.3. The summed E-state index contributed by atoms with van der Waals surface area (Å²) in [6.45, 7) is 4.54. The predicted octanol–water partition coefficient (Wildman–Crippen LogP) is 1.59. The van der Waals surface area contributed by atoms with Crippen molar-refractivity contribution in [3.8, 4) is 5.69 Å². The molecule has 0 aliphatic carbocycles. The second kappa shape index (κ2) is 8.39. The average molecular weight is 410 g/mol. The second-order valence-corrected chi connectivity index (χ2v) is 8.25. The molecule has 2 aliphatic heterocycles. The lowest BCUT2D eigenvalue weighted by molar-refractivity contribution is -0.138. The Hall–Kier alpha value is -3.00. The zero-order valence-corrected chi connectivity index (χ0v) is 17.2. The molecular formula is C22H26N4O4. The molecule has 2 amide bonds. The normalized spacial score (nSPS) is 21.7. The second-order valence-electron chi connectivity index (χ2n) is 8.25. The lowest BCUT2D eigenvalue weighted by atomic mass is 10.0. The summed E-state index contributed by atoms with van der Waals surface area (Å²) in [7, 11) is 0. The maximum atomic E-state index is 13.2. The van der Waals surface area contributed by atoms with Crippen molar-refractivity contribution in [3.05, 3.63) is 48.5 Å². The summed E-state index contributed by atoms with van der Waals surface area (Å²) in [5.74, 6) is -0.373. The number of fused-ring (bicyclic) bond motifs is 1. The van der Waals surface area contributed by atoms with Gasteiger partial charge < -0.3 is 19.5 Å². The van der Waals surface area contributed by atoms with Gasteiger partial charge in [0.05, 0.1) is 12.4 Å². The highest BCUT2D eigenvalue weighted by atomic mass is 16.5. The van der Waals surface area contributed by atoms with Gasteiger partial charge in [-0.25, -0.2) is 4.98 Å². The predicted molar refractivity (Wildman–Crippen MR) is 109 cm³/mol. The molecule has 3 atom stereocenters. The zero-order chi connectivity index (χ0) is 21.3. The molecule has 0 saturated carbocycles. The van der Waals surface area contributed by atoms with Crippen LogP contribution in [0, 0.1) is 5.92 Å². The molecule has 2 aromatic rings. The summed E-state index contributed by atoms with van der Waals surface area (Å²) in [5.41, 5.74) is 1.36. The van der Waals surface area contributed by atoms with Crippen molar-refractivity contribution in [2.45, 2.75) is 44.9 Å². The number of rotatable bonds is 6. The van der Waals surface area contributed by atoms with Crippen LogP contribution in [-0.2, 0) is 14.3 Å². The summed E-state index contributed by atoms with van der Waals surface area (Å²) in [5, 5.41) is 2.89. The topological polar surface area (TPSA) is 93.5 Å². The molecule has 8 heteroatoms. The Labute approximate surface area is 175 Å². The van der Waals surface area contributed by atoms with Gasteiger partial charge in [0.15, 0.2) is 5.78 Å². The number of ketones is 1. The number of nitrogens with one attached hydrogen (secondary N) is 1. The van der Waals surface area contributed by atoms with Crippen LogP contribution in [0.15, 0.2) is 43.0 Å². The van der Waals surface area contributed by atoms with Gasteiger partial charge in [0.25, 0.3) is 5.91 Å². The Morgan fingerprint density at radius 2 is 2.03 bits per heavy atom. The van der Waals surface area contributed by atoms with Crippen molar-refractivity contribution in [1.29, 1.82) is 0 Å². The van der Waals surface area contributed by atoms with E-state index in [0.29, 0.717) is 24.9 Å². The highest BCUT2D eigenvalue weighted by Gasteiger charge is 2.48. The quantitative estimate of drug-likeness (QED) is 0.781. The standard InChI is InChI=1S/C22H26N4O4/c1-14(2)11-17(22(29)26-9-7-19-20(26)18(27)12-30-19)24-21(28)15-3-5-16(6-4-15)25-10-8-23-13-25/h3-6,8,10,13-14,17,19-20H,7,9,11-12H2,1-2H3,(H,24,28)/t17-,19?,20?/m0/s1. The molecule has 158 valence electrons. The van der Waals surface area contributed by atoms with Crippen molar-refractivity contribution < 1.29 is 19.1 Å². The minimum absolute atomic E-state index is 0.0591. The third-order valence-electron chi connectivity index (χ3n) is 5.64. The molecule has 0 spiro atoms. The van der Waals surface area contributed by atoms with E-state index >= 15 is 0 Å². The third-order valence-corrected chi connectivity index (χ3v) is 5.64. The van der Waals surface area contributed by atoms with Crippen LogP contribution >= 0.6 is 0 Å². The average Bonchev–Trinajstić information content (AvgIpc) is 3.46. The van der Waals surface area contributed by atoms with Crippen LogP contribution in [0.2, 0.25) is 0 Å². The molecule has 1 N–H and O–H groups in total. The van der Waals surface area contributed by atoms with Crippen LogP contribution in [-0.4, -0.2) is 63.4 Å². The maximum absolute atomic E-state index is 13.2. The number of imidazole rings is 1. The summed E-state index contributed by atoms with van der Waals surface area (Å²) in [6.07, 6.45) is 6.13. The number of aromatic nitrogens is 2. The Morgan fingerprint density at radius 1 is 1.27 bits per heavy atom. The Balaban J connectivity index is 1.48. The lowest BCUT2D eigenvalue weighted by Gasteiger charge is -2.28. The van der Waals surface area contributed by atoms with Crippen molar-refractivity contribution in [2.75, 3.05) is 13.2 Å². The van der Waals surface area contributed by atoms with E-state index in [-0.39, 0.29) is 36.2 Å². The highest BCUT2D eigenvalue weighted by molar-refractivity contribution is 5.99. The minimum Gasteiger partial charge on any atom is -0.368 e. The van der Waals surface area contributed by atoms with Gasteiger partial charge in [-0.1, -0.05) is 13.8 Å². The van der Waals surface area contributed by atoms with Crippen LogP contribution in [0.25, 0.3) is 5.69 Å². The largest absolute Gasteiger partial charge is 0.368 e. The number of likely N-dealkylation sites (tertiary alicyclic amines) is 1. The van der Waals surface area contributed by atoms with E-state index in [2.05, 4.69) is 10.3 Å². The molecule has 0 bridgehead atoms. The van der Waals surface area contributed by atoms with Gasteiger partial charge >= 0.3 is 0 Å². The summed E-state index contributed by atoms with van der Waals surface area (Å²) >= 11 is 0. The highest BCUT2D eigenvalue weighted by Crippen LogP contribution is 2.28. The molecule has 2 fully saturated rings. The first-order valence-corrected chi connectivity index (χ1v) is 10.3. The molecule has 3 heterocycles. The Kier molecular flexibility index (Phi) is 5.67. The van der Waals surface area contributed by atoms with E-state index in [0.717, 1.165) is 5.69 Å².